The van der Waals surface area contributed by atoms with E-state index in [4.69, 9.17) is 17.3 Å². The molecule has 0 aromatic heterocycles. The third-order valence-electron chi connectivity index (χ3n) is 3.21. The Bertz CT molecular complexity index is 596. The van der Waals surface area contributed by atoms with Gasteiger partial charge in [0.05, 0.1) is 0 Å². The fraction of sp³-hybridized carbons (Fsp3) is 0.200. The fourth-order valence-electron chi connectivity index (χ4n) is 2.08. The van der Waals surface area contributed by atoms with E-state index in [1.54, 1.807) is 6.07 Å². The number of hydrogen-bond acceptors (Lipinski definition) is 1. The normalized spacial score (nSPS) is 12.4. The van der Waals surface area contributed by atoms with E-state index in [9.17, 15) is 13.2 Å². The smallest absolute Gasteiger partial charge is 0.159 e. The summed E-state index contributed by atoms with van der Waals surface area (Å²) >= 11 is 5.96. The predicted octanol–water partition coefficient (Wildman–Crippen LogP) is 4.04. The van der Waals surface area contributed by atoms with Crippen LogP contribution in [-0.4, -0.2) is 6.54 Å². The summed E-state index contributed by atoms with van der Waals surface area (Å²) < 4.78 is 39.9. The summed E-state index contributed by atoms with van der Waals surface area (Å²) in [5.74, 6) is -2.63. The van der Waals surface area contributed by atoms with Crippen LogP contribution in [0.1, 0.15) is 17.0 Å². The fourth-order valence-corrected chi connectivity index (χ4v) is 2.32. The van der Waals surface area contributed by atoms with E-state index >= 15 is 0 Å². The maximum atomic E-state index is 13.7. The molecule has 0 spiro atoms. The molecule has 0 aliphatic rings. The summed E-state index contributed by atoms with van der Waals surface area (Å²) in [6.07, 6.45) is 0.229. The standard InChI is InChI=1S/C15H13ClF3N/c16-12-2-1-3-13(17)11(12)6-10(8-20)9-4-5-14(18)15(19)7-9/h1-5,7,10H,6,8,20H2. The third-order valence-corrected chi connectivity index (χ3v) is 3.57. The predicted molar refractivity (Wildman–Crippen MR) is 73.3 cm³/mol. The van der Waals surface area contributed by atoms with Crippen LogP contribution in [0.25, 0.3) is 0 Å². The van der Waals surface area contributed by atoms with Crippen molar-refractivity contribution in [2.24, 2.45) is 5.73 Å². The van der Waals surface area contributed by atoms with Gasteiger partial charge in [-0.25, -0.2) is 13.2 Å². The van der Waals surface area contributed by atoms with Gasteiger partial charge in [0.1, 0.15) is 5.82 Å². The molecule has 0 saturated heterocycles. The molecule has 2 rings (SSSR count). The Labute approximate surface area is 120 Å². The molecule has 2 aromatic rings. The lowest BCUT2D eigenvalue weighted by atomic mass is 9.91. The quantitative estimate of drug-likeness (QED) is 0.906. The van der Waals surface area contributed by atoms with E-state index in [0.29, 0.717) is 16.1 Å². The summed E-state index contributed by atoms with van der Waals surface area (Å²) in [6, 6.07) is 7.97. The lowest BCUT2D eigenvalue weighted by Gasteiger charge is -2.17. The molecule has 2 N–H and O–H groups in total. The molecule has 0 radical (unpaired) electrons. The number of nitrogens with two attached hydrogens (primary N) is 1. The van der Waals surface area contributed by atoms with E-state index in [1.165, 1.54) is 18.2 Å². The zero-order valence-corrected chi connectivity index (χ0v) is 11.3. The number of hydrogen-bond donors (Lipinski definition) is 1. The van der Waals surface area contributed by atoms with Crippen molar-refractivity contribution in [2.75, 3.05) is 6.54 Å². The molecule has 20 heavy (non-hydrogen) atoms. The minimum Gasteiger partial charge on any atom is -0.330 e. The van der Waals surface area contributed by atoms with E-state index in [-0.39, 0.29) is 18.9 Å². The van der Waals surface area contributed by atoms with Gasteiger partial charge in [-0.15, -0.1) is 0 Å². The zero-order chi connectivity index (χ0) is 14.7. The van der Waals surface area contributed by atoms with Gasteiger partial charge in [-0.2, -0.15) is 0 Å². The first-order chi connectivity index (χ1) is 9.52. The van der Waals surface area contributed by atoms with Crippen LogP contribution in [0.3, 0.4) is 0 Å². The molecule has 106 valence electrons. The van der Waals surface area contributed by atoms with Gasteiger partial charge in [0.15, 0.2) is 11.6 Å². The van der Waals surface area contributed by atoms with Crippen molar-refractivity contribution in [3.63, 3.8) is 0 Å². The molecular formula is C15H13ClF3N. The van der Waals surface area contributed by atoms with Gasteiger partial charge in [-0.05, 0) is 42.8 Å². The molecule has 1 nitrogen and oxygen atoms in total. The molecule has 0 aliphatic carbocycles. The molecule has 0 aliphatic heterocycles. The summed E-state index contributed by atoms with van der Waals surface area (Å²) in [5, 5.41) is 0.297. The van der Waals surface area contributed by atoms with Crippen LogP contribution in [0.5, 0.6) is 0 Å². The van der Waals surface area contributed by atoms with Crippen molar-refractivity contribution in [2.45, 2.75) is 12.3 Å². The van der Waals surface area contributed by atoms with Crippen LogP contribution >= 0.6 is 11.6 Å². The molecular weight excluding hydrogens is 287 g/mol. The average Bonchev–Trinajstić information content (AvgIpc) is 2.42. The molecule has 0 saturated carbocycles. The van der Waals surface area contributed by atoms with Gasteiger partial charge in [-0.1, -0.05) is 23.7 Å². The molecule has 0 heterocycles. The Kier molecular flexibility index (Phi) is 4.68. The first kappa shape index (κ1) is 14.9. The number of benzene rings is 2. The molecule has 0 amide bonds. The lowest BCUT2D eigenvalue weighted by Crippen LogP contribution is -2.16. The largest absolute Gasteiger partial charge is 0.330 e. The highest BCUT2D eigenvalue weighted by molar-refractivity contribution is 6.31. The Hall–Kier alpha value is -1.52. The second kappa shape index (κ2) is 6.29. The van der Waals surface area contributed by atoms with E-state index < -0.39 is 17.5 Å². The molecule has 0 fully saturated rings. The maximum Gasteiger partial charge on any atom is 0.159 e. The second-order valence-corrected chi connectivity index (χ2v) is 4.92. The third kappa shape index (κ3) is 3.14. The molecule has 0 bridgehead atoms. The van der Waals surface area contributed by atoms with Crippen LogP contribution in [-0.2, 0) is 6.42 Å². The van der Waals surface area contributed by atoms with Crippen LogP contribution in [0, 0.1) is 17.5 Å². The van der Waals surface area contributed by atoms with Crippen LogP contribution < -0.4 is 5.73 Å². The Morgan fingerprint density at radius 1 is 1.00 bits per heavy atom. The first-order valence-corrected chi connectivity index (χ1v) is 6.48. The highest BCUT2D eigenvalue weighted by Crippen LogP contribution is 2.27. The maximum absolute atomic E-state index is 13.7. The Balaban J connectivity index is 2.31. The topological polar surface area (TPSA) is 26.0 Å². The monoisotopic (exact) mass is 299 g/mol. The van der Waals surface area contributed by atoms with Gasteiger partial charge in [0.2, 0.25) is 0 Å². The minimum atomic E-state index is -0.944. The highest BCUT2D eigenvalue weighted by Gasteiger charge is 2.17. The minimum absolute atomic E-state index is 0.176. The van der Waals surface area contributed by atoms with Crippen molar-refractivity contribution in [1.82, 2.24) is 0 Å². The molecule has 2 aromatic carbocycles. The van der Waals surface area contributed by atoms with Crippen LogP contribution in [0.4, 0.5) is 13.2 Å². The van der Waals surface area contributed by atoms with Crippen molar-refractivity contribution in [1.29, 1.82) is 0 Å². The number of rotatable bonds is 4. The van der Waals surface area contributed by atoms with Crippen molar-refractivity contribution < 1.29 is 13.2 Å². The molecule has 5 heteroatoms. The summed E-state index contributed by atoms with van der Waals surface area (Å²) in [5.41, 5.74) is 6.51. The average molecular weight is 300 g/mol. The van der Waals surface area contributed by atoms with Gasteiger partial charge >= 0.3 is 0 Å². The molecule has 1 unspecified atom stereocenters. The Morgan fingerprint density at radius 2 is 1.75 bits per heavy atom. The van der Waals surface area contributed by atoms with Crippen molar-refractivity contribution in [3.05, 3.63) is 70.0 Å². The zero-order valence-electron chi connectivity index (χ0n) is 10.5. The van der Waals surface area contributed by atoms with Gasteiger partial charge in [0, 0.05) is 16.5 Å². The first-order valence-electron chi connectivity index (χ1n) is 6.10. The van der Waals surface area contributed by atoms with Gasteiger partial charge in [0.25, 0.3) is 0 Å². The molecule has 1 atom stereocenters. The van der Waals surface area contributed by atoms with Crippen molar-refractivity contribution >= 4 is 11.6 Å². The van der Waals surface area contributed by atoms with E-state index in [2.05, 4.69) is 0 Å². The number of halogens is 4. The summed E-state index contributed by atoms with van der Waals surface area (Å²) in [6.45, 7) is 0.176. The van der Waals surface area contributed by atoms with E-state index in [0.717, 1.165) is 12.1 Å². The van der Waals surface area contributed by atoms with Gasteiger partial charge < -0.3 is 5.73 Å². The Morgan fingerprint density at radius 3 is 2.35 bits per heavy atom. The highest BCUT2D eigenvalue weighted by atomic mass is 35.5. The summed E-state index contributed by atoms with van der Waals surface area (Å²) in [7, 11) is 0. The summed E-state index contributed by atoms with van der Waals surface area (Å²) in [4.78, 5) is 0. The van der Waals surface area contributed by atoms with E-state index in [1.807, 2.05) is 0 Å². The van der Waals surface area contributed by atoms with Crippen LogP contribution in [0.15, 0.2) is 36.4 Å². The van der Waals surface area contributed by atoms with Gasteiger partial charge in [-0.3, -0.25) is 0 Å². The second-order valence-electron chi connectivity index (χ2n) is 4.51. The van der Waals surface area contributed by atoms with Crippen LogP contribution in [0.2, 0.25) is 5.02 Å². The lowest BCUT2D eigenvalue weighted by molar-refractivity contribution is 0.504. The van der Waals surface area contributed by atoms with Crippen molar-refractivity contribution in [3.8, 4) is 0 Å². The SMILES string of the molecule is NCC(Cc1c(F)cccc1Cl)c1ccc(F)c(F)c1.